The molecule has 200 valence electrons. The van der Waals surface area contributed by atoms with Crippen LogP contribution in [0.4, 0.5) is 0 Å². The molecular weight excluding hydrogens is 498 g/mol. The minimum Gasteiger partial charge on any atom is -0.489 e. The molecule has 39 heavy (non-hydrogen) atoms. The van der Waals surface area contributed by atoms with Crippen LogP contribution in [0, 0.1) is 0 Å². The summed E-state index contributed by atoms with van der Waals surface area (Å²) in [5.74, 6) is 1.04. The zero-order chi connectivity index (χ0) is 26.5. The van der Waals surface area contributed by atoms with Crippen LogP contribution >= 0.6 is 0 Å². The van der Waals surface area contributed by atoms with Crippen LogP contribution in [0.2, 0.25) is 0 Å². The van der Waals surface area contributed by atoms with E-state index >= 15 is 0 Å². The van der Waals surface area contributed by atoms with Crippen molar-refractivity contribution >= 4 is 28.6 Å². The number of hydrogen-bond acceptors (Lipinski definition) is 8. The summed E-state index contributed by atoms with van der Waals surface area (Å²) in [5, 5.41) is 3.39. The summed E-state index contributed by atoms with van der Waals surface area (Å²) in [7, 11) is 0. The van der Waals surface area contributed by atoms with Crippen LogP contribution in [0.15, 0.2) is 42.6 Å². The molecule has 3 aromatic rings. The van der Waals surface area contributed by atoms with Gasteiger partial charge < -0.3 is 14.4 Å². The molecule has 7 rings (SSSR count). The number of hydrogen-bond donors (Lipinski definition) is 1. The summed E-state index contributed by atoms with van der Waals surface area (Å²) in [6, 6.07) is 11.3. The minimum atomic E-state index is -0.614. The molecule has 2 aromatic carbocycles. The molecule has 0 bridgehead atoms. The van der Waals surface area contributed by atoms with Crippen molar-refractivity contribution in [1.29, 1.82) is 0 Å². The molecule has 5 heterocycles. The number of rotatable bonds is 6. The molecule has 1 N–H and O–H groups in total. The Morgan fingerprint density at radius 2 is 1.97 bits per heavy atom. The Kier molecular flexibility index (Phi) is 6.01. The van der Waals surface area contributed by atoms with Crippen molar-refractivity contribution < 1.29 is 23.9 Å². The number of carbonyl (C=O) groups is 3. The van der Waals surface area contributed by atoms with Gasteiger partial charge in [-0.3, -0.25) is 24.6 Å². The van der Waals surface area contributed by atoms with Crippen LogP contribution in [0.3, 0.4) is 0 Å². The SMILES string of the molecule is O=C1CCC(N2Cc3cc(OC4CCN(Cc5ccc6nc(C7COC7)ncc6c5)C4)ccc3C2=O)C(=O)N1. The van der Waals surface area contributed by atoms with Crippen LogP contribution in [0.5, 0.6) is 5.75 Å². The molecule has 0 radical (unpaired) electrons. The lowest BCUT2D eigenvalue weighted by molar-refractivity contribution is -0.136. The third-order valence-corrected chi connectivity index (χ3v) is 8.10. The van der Waals surface area contributed by atoms with E-state index in [1.807, 2.05) is 18.3 Å². The lowest BCUT2D eigenvalue weighted by Crippen LogP contribution is -2.52. The van der Waals surface area contributed by atoms with Gasteiger partial charge in [-0.1, -0.05) is 6.07 Å². The second-order valence-electron chi connectivity index (χ2n) is 10.8. The fourth-order valence-electron chi connectivity index (χ4n) is 5.89. The van der Waals surface area contributed by atoms with Gasteiger partial charge >= 0.3 is 0 Å². The van der Waals surface area contributed by atoms with Crippen molar-refractivity contribution in [3.05, 3.63) is 65.1 Å². The molecule has 2 unspecified atom stereocenters. The summed E-state index contributed by atoms with van der Waals surface area (Å²) in [5.41, 5.74) is 3.62. The predicted octanol–water partition coefficient (Wildman–Crippen LogP) is 2.16. The van der Waals surface area contributed by atoms with Gasteiger partial charge in [0.25, 0.3) is 5.91 Å². The smallest absolute Gasteiger partial charge is 0.255 e. The number of likely N-dealkylation sites (tertiary alicyclic amines) is 1. The lowest BCUT2D eigenvalue weighted by Gasteiger charge is -2.29. The van der Waals surface area contributed by atoms with Gasteiger partial charge in [-0.05, 0) is 54.3 Å². The molecule has 1 aromatic heterocycles. The molecule has 10 heteroatoms. The molecular formula is C29H29N5O5. The van der Waals surface area contributed by atoms with E-state index in [4.69, 9.17) is 14.5 Å². The van der Waals surface area contributed by atoms with Gasteiger partial charge in [0.05, 0.1) is 24.6 Å². The van der Waals surface area contributed by atoms with Crippen molar-refractivity contribution in [2.75, 3.05) is 26.3 Å². The third-order valence-electron chi connectivity index (χ3n) is 8.10. The zero-order valence-electron chi connectivity index (χ0n) is 21.5. The molecule has 4 aliphatic rings. The van der Waals surface area contributed by atoms with E-state index in [0.29, 0.717) is 37.7 Å². The summed E-state index contributed by atoms with van der Waals surface area (Å²) in [6.45, 7) is 4.32. The topological polar surface area (TPSA) is 114 Å². The van der Waals surface area contributed by atoms with Crippen molar-refractivity contribution in [3.63, 3.8) is 0 Å². The van der Waals surface area contributed by atoms with E-state index in [1.165, 1.54) is 5.56 Å². The maximum Gasteiger partial charge on any atom is 0.255 e. The van der Waals surface area contributed by atoms with Gasteiger partial charge in [-0.25, -0.2) is 9.97 Å². The number of nitrogens with zero attached hydrogens (tertiary/aromatic N) is 4. The van der Waals surface area contributed by atoms with E-state index in [2.05, 4.69) is 33.4 Å². The molecule has 0 aliphatic carbocycles. The van der Waals surface area contributed by atoms with Gasteiger partial charge in [0, 0.05) is 49.7 Å². The third kappa shape index (κ3) is 4.63. The number of amides is 3. The number of benzene rings is 2. The monoisotopic (exact) mass is 527 g/mol. The van der Waals surface area contributed by atoms with Crippen molar-refractivity contribution in [2.45, 2.75) is 50.4 Å². The van der Waals surface area contributed by atoms with Crippen LogP contribution in [-0.2, 0) is 27.4 Å². The molecule has 0 saturated carbocycles. The minimum absolute atomic E-state index is 0.0578. The van der Waals surface area contributed by atoms with Gasteiger partial charge in [0.15, 0.2) is 0 Å². The highest BCUT2D eigenvalue weighted by atomic mass is 16.5. The maximum absolute atomic E-state index is 12.9. The fourth-order valence-corrected chi connectivity index (χ4v) is 5.89. The van der Waals surface area contributed by atoms with Crippen LogP contribution < -0.4 is 10.1 Å². The molecule has 2 atom stereocenters. The number of piperidine rings is 1. The lowest BCUT2D eigenvalue weighted by atomic mass is 10.0. The Balaban J connectivity index is 0.968. The Morgan fingerprint density at radius 1 is 1.08 bits per heavy atom. The summed E-state index contributed by atoms with van der Waals surface area (Å²) >= 11 is 0. The first kappa shape index (κ1) is 24.2. The normalized spacial score (nSPS) is 23.7. The van der Waals surface area contributed by atoms with Crippen molar-refractivity contribution in [3.8, 4) is 5.75 Å². The van der Waals surface area contributed by atoms with E-state index in [9.17, 15) is 14.4 Å². The molecule has 3 saturated heterocycles. The van der Waals surface area contributed by atoms with E-state index in [1.54, 1.807) is 11.0 Å². The Bertz CT molecular complexity index is 1490. The average molecular weight is 528 g/mol. The number of aromatic nitrogens is 2. The van der Waals surface area contributed by atoms with Gasteiger partial charge in [0.1, 0.15) is 23.7 Å². The summed E-state index contributed by atoms with van der Waals surface area (Å²) in [4.78, 5) is 49.9. The number of carbonyl (C=O) groups excluding carboxylic acids is 3. The quantitative estimate of drug-likeness (QED) is 0.485. The largest absolute Gasteiger partial charge is 0.489 e. The standard InChI is InChI=1S/C29H29N5O5/c35-26-6-5-25(28(36)32-26)34-13-19-10-21(2-3-23(19)29(34)37)39-22-7-8-33(14-22)12-17-1-4-24-18(9-17)11-30-27(31-24)20-15-38-16-20/h1-4,9-11,20,22,25H,5-8,12-16H2,(H,32,35,36). The molecule has 0 spiro atoms. The van der Waals surface area contributed by atoms with Crippen molar-refractivity contribution in [1.82, 2.24) is 25.1 Å². The van der Waals surface area contributed by atoms with Gasteiger partial charge in [-0.2, -0.15) is 0 Å². The summed E-state index contributed by atoms with van der Waals surface area (Å²) < 4.78 is 11.6. The van der Waals surface area contributed by atoms with Crippen molar-refractivity contribution in [2.24, 2.45) is 0 Å². The first-order valence-electron chi connectivity index (χ1n) is 13.5. The van der Waals surface area contributed by atoms with Crippen LogP contribution in [0.1, 0.15) is 52.5 Å². The highest BCUT2D eigenvalue weighted by molar-refractivity contribution is 6.05. The zero-order valence-corrected chi connectivity index (χ0v) is 21.5. The predicted molar refractivity (Wildman–Crippen MR) is 140 cm³/mol. The molecule has 10 nitrogen and oxygen atoms in total. The van der Waals surface area contributed by atoms with Gasteiger partial charge in [0.2, 0.25) is 11.8 Å². The van der Waals surface area contributed by atoms with Crippen LogP contribution in [-0.4, -0.2) is 75.9 Å². The van der Waals surface area contributed by atoms with Gasteiger partial charge in [-0.15, -0.1) is 0 Å². The van der Waals surface area contributed by atoms with E-state index < -0.39 is 11.9 Å². The second kappa shape index (κ2) is 9.69. The molecule has 4 aliphatic heterocycles. The number of ether oxygens (including phenoxy) is 2. The first-order valence-corrected chi connectivity index (χ1v) is 13.5. The summed E-state index contributed by atoms with van der Waals surface area (Å²) in [6.07, 6.45) is 3.49. The average Bonchev–Trinajstić information content (AvgIpc) is 3.46. The highest BCUT2D eigenvalue weighted by Gasteiger charge is 2.39. The van der Waals surface area contributed by atoms with E-state index in [0.717, 1.165) is 54.1 Å². The number of imide groups is 1. The molecule has 3 amide bonds. The second-order valence-corrected chi connectivity index (χ2v) is 10.8. The Hall–Kier alpha value is -3.89. The number of fused-ring (bicyclic) bond motifs is 2. The first-order chi connectivity index (χ1) is 19.0. The molecule has 3 fully saturated rings. The Labute approximate surface area is 225 Å². The van der Waals surface area contributed by atoms with E-state index in [-0.39, 0.29) is 24.3 Å². The highest BCUT2D eigenvalue weighted by Crippen LogP contribution is 2.31. The Morgan fingerprint density at radius 3 is 2.79 bits per heavy atom. The van der Waals surface area contributed by atoms with Crippen LogP contribution in [0.25, 0.3) is 10.9 Å². The maximum atomic E-state index is 12.9. The number of nitrogens with one attached hydrogen (secondary N) is 1. The fraction of sp³-hybridized carbons (Fsp3) is 0.414.